The van der Waals surface area contributed by atoms with Gasteiger partial charge in [-0.15, -0.1) is 13.2 Å². The molecule has 1 aliphatic heterocycles. The van der Waals surface area contributed by atoms with Gasteiger partial charge in [0.05, 0.1) is 4.47 Å². The van der Waals surface area contributed by atoms with Gasteiger partial charge in [0.25, 0.3) is 5.91 Å². The summed E-state index contributed by atoms with van der Waals surface area (Å²) in [6.07, 6.45) is -4.76. The normalized spacial score (nSPS) is 14.4. The minimum absolute atomic E-state index is 0.105. The minimum Gasteiger partial charge on any atom is -0.405 e. The number of ether oxygens (including phenoxy) is 1. The van der Waals surface area contributed by atoms with Crippen LogP contribution in [-0.2, 0) is 4.79 Å². The van der Waals surface area contributed by atoms with Gasteiger partial charge in [0, 0.05) is 24.4 Å². The minimum atomic E-state index is -4.76. The number of hydrogen-bond donors (Lipinski definition) is 2. The third-order valence-corrected chi connectivity index (χ3v) is 3.58. The van der Waals surface area contributed by atoms with Crippen LogP contribution in [-0.4, -0.2) is 25.4 Å². The Labute approximate surface area is 127 Å². The molecule has 2 N–H and O–H groups in total. The van der Waals surface area contributed by atoms with Crippen LogP contribution in [0.25, 0.3) is 0 Å². The highest BCUT2D eigenvalue weighted by atomic mass is 79.9. The van der Waals surface area contributed by atoms with E-state index in [1.807, 2.05) is 0 Å². The largest absolute Gasteiger partial charge is 0.573 e. The highest BCUT2D eigenvalue weighted by Crippen LogP contribution is 2.32. The Morgan fingerprint density at radius 1 is 1.38 bits per heavy atom. The highest BCUT2D eigenvalue weighted by molar-refractivity contribution is 9.10. The number of hydrogen-bond acceptors (Lipinski definition) is 3. The maximum atomic E-state index is 12.1. The van der Waals surface area contributed by atoms with Gasteiger partial charge in [0.2, 0.25) is 0 Å². The van der Waals surface area contributed by atoms with Gasteiger partial charge in [-0.3, -0.25) is 4.79 Å². The van der Waals surface area contributed by atoms with Crippen LogP contribution in [0.3, 0.4) is 0 Å². The number of rotatable bonds is 3. The zero-order chi connectivity index (χ0) is 15.6. The molecule has 1 aliphatic rings. The molecule has 0 radical (unpaired) electrons. The van der Waals surface area contributed by atoms with E-state index in [4.69, 9.17) is 0 Å². The van der Waals surface area contributed by atoms with Gasteiger partial charge >= 0.3 is 6.36 Å². The van der Waals surface area contributed by atoms with Gasteiger partial charge in [-0.05, 0) is 46.6 Å². The third-order valence-electron chi connectivity index (χ3n) is 2.96. The molecule has 1 fully saturated rings. The van der Waals surface area contributed by atoms with E-state index in [-0.39, 0.29) is 16.1 Å². The molecule has 114 valence electrons. The fourth-order valence-electron chi connectivity index (χ4n) is 1.69. The van der Waals surface area contributed by atoms with Crippen LogP contribution in [0, 0.1) is 0 Å². The fraction of sp³-hybridized carbons (Fsp3) is 0.308. The molecule has 0 spiro atoms. The van der Waals surface area contributed by atoms with E-state index >= 15 is 0 Å². The standard InChI is InChI=1S/C13H12BrF3N2O2/c1-7(8-5-18-6-8)12(20)19-9-2-3-11(10(14)4-9)21-13(15,16)17/h2-4,18H,5-6H2,1H3,(H,19,20). The molecule has 1 heterocycles. The summed E-state index contributed by atoms with van der Waals surface area (Å²) in [4.78, 5) is 11.9. The van der Waals surface area contributed by atoms with Crippen LogP contribution in [0.1, 0.15) is 6.92 Å². The van der Waals surface area contributed by atoms with Gasteiger partial charge in [-0.2, -0.15) is 0 Å². The first-order valence-corrected chi connectivity index (χ1v) is 6.81. The average Bonchev–Trinajstić information content (AvgIpc) is 2.29. The second kappa shape index (κ2) is 6.07. The number of amides is 1. The van der Waals surface area contributed by atoms with Crippen LogP contribution in [0.15, 0.2) is 33.8 Å². The number of carbonyl (C=O) groups excluding carboxylic acids is 1. The maximum absolute atomic E-state index is 12.1. The van der Waals surface area contributed by atoms with Crippen LogP contribution in [0.4, 0.5) is 18.9 Å². The molecule has 1 saturated heterocycles. The van der Waals surface area contributed by atoms with Crippen LogP contribution in [0.5, 0.6) is 5.75 Å². The summed E-state index contributed by atoms with van der Waals surface area (Å²) < 4.78 is 40.4. The predicted molar refractivity (Wildman–Crippen MR) is 75.0 cm³/mol. The van der Waals surface area contributed by atoms with Crippen molar-refractivity contribution in [2.45, 2.75) is 13.3 Å². The predicted octanol–water partition coefficient (Wildman–Crippen LogP) is 3.21. The molecule has 21 heavy (non-hydrogen) atoms. The molecule has 8 heteroatoms. The number of halogens is 4. The maximum Gasteiger partial charge on any atom is 0.573 e. The number of benzene rings is 1. The van der Waals surface area contributed by atoms with Gasteiger partial charge in [0.15, 0.2) is 0 Å². The van der Waals surface area contributed by atoms with Crippen molar-refractivity contribution >= 4 is 27.5 Å². The second-order valence-electron chi connectivity index (χ2n) is 4.48. The van der Waals surface area contributed by atoms with Crippen molar-refractivity contribution in [3.8, 4) is 5.75 Å². The van der Waals surface area contributed by atoms with Gasteiger partial charge in [0.1, 0.15) is 5.75 Å². The summed E-state index contributed by atoms with van der Waals surface area (Å²) in [6.45, 7) is 3.07. The lowest BCUT2D eigenvalue weighted by Gasteiger charge is -2.21. The van der Waals surface area contributed by atoms with E-state index in [0.717, 1.165) is 11.6 Å². The van der Waals surface area contributed by atoms with Crippen molar-refractivity contribution < 1.29 is 22.7 Å². The van der Waals surface area contributed by atoms with Gasteiger partial charge in [-0.1, -0.05) is 0 Å². The summed E-state index contributed by atoms with van der Waals surface area (Å²) in [5.74, 6) is -0.637. The van der Waals surface area contributed by atoms with E-state index in [1.165, 1.54) is 12.1 Å². The number of alkyl halides is 3. The molecule has 4 nitrogen and oxygen atoms in total. The van der Waals surface area contributed by atoms with E-state index < -0.39 is 6.36 Å². The Morgan fingerprint density at radius 2 is 2.05 bits per heavy atom. The van der Waals surface area contributed by atoms with Crippen LogP contribution < -0.4 is 15.4 Å². The number of anilines is 1. The quantitative estimate of drug-likeness (QED) is 0.809. The lowest BCUT2D eigenvalue weighted by atomic mass is 10.0. The zero-order valence-electron chi connectivity index (χ0n) is 11.0. The molecular formula is C13H12BrF3N2O2. The van der Waals surface area contributed by atoms with Crippen molar-refractivity contribution in [3.05, 3.63) is 33.8 Å². The summed E-state index contributed by atoms with van der Waals surface area (Å²) in [5.41, 5.74) is 2.01. The molecule has 0 saturated carbocycles. The monoisotopic (exact) mass is 364 g/mol. The summed E-state index contributed by atoms with van der Waals surface area (Å²) in [7, 11) is 0. The van der Waals surface area contributed by atoms with Gasteiger partial charge < -0.3 is 15.4 Å². The van der Waals surface area contributed by atoms with Crippen molar-refractivity contribution in [2.75, 3.05) is 18.4 Å². The molecular weight excluding hydrogens is 353 g/mol. The molecule has 1 amide bonds. The fourth-order valence-corrected chi connectivity index (χ4v) is 2.15. The Balaban J connectivity index is 2.08. The van der Waals surface area contributed by atoms with Crippen molar-refractivity contribution in [3.63, 3.8) is 0 Å². The Morgan fingerprint density at radius 3 is 2.52 bits per heavy atom. The lowest BCUT2D eigenvalue weighted by Crippen LogP contribution is -2.36. The summed E-state index contributed by atoms with van der Waals surface area (Å²) >= 11 is 2.98. The molecule has 2 rings (SSSR count). The highest BCUT2D eigenvalue weighted by Gasteiger charge is 2.32. The molecule has 1 aromatic carbocycles. The smallest absolute Gasteiger partial charge is 0.405 e. The van der Waals surface area contributed by atoms with E-state index in [9.17, 15) is 18.0 Å². The molecule has 0 bridgehead atoms. The molecule has 1 aromatic rings. The average molecular weight is 365 g/mol. The third kappa shape index (κ3) is 4.21. The molecule has 0 aliphatic carbocycles. The second-order valence-corrected chi connectivity index (χ2v) is 5.33. The first-order valence-electron chi connectivity index (χ1n) is 6.02. The van der Waals surface area contributed by atoms with Crippen molar-refractivity contribution in [2.24, 2.45) is 0 Å². The molecule has 0 aromatic heterocycles. The SMILES string of the molecule is CC(C(=O)Nc1ccc(OC(F)(F)F)c(Br)c1)=C1CNC1. The van der Waals surface area contributed by atoms with E-state index in [1.54, 1.807) is 6.92 Å². The zero-order valence-corrected chi connectivity index (χ0v) is 12.6. The summed E-state index contributed by atoms with van der Waals surface area (Å²) in [6, 6.07) is 3.84. The van der Waals surface area contributed by atoms with Crippen molar-refractivity contribution in [1.82, 2.24) is 5.32 Å². The topological polar surface area (TPSA) is 50.4 Å². The van der Waals surface area contributed by atoms with Crippen LogP contribution in [0.2, 0.25) is 0 Å². The number of nitrogens with one attached hydrogen (secondary N) is 2. The van der Waals surface area contributed by atoms with Crippen LogP contribution >= 0.6 is 15.9 Å². The van der Waals surface area contributed by atoms with E-state index in [0.29, 0.717) is 24.4 Å². The Hall–Kier alpha value is -1.54. The summed E-state index contributed by atoms with van der Waals surface area (Å²) in [5, 5.41) is 5.66. The number of carbonyl (C=O) groups is 1. The van der Waals surface area contributed by atoms with Crippen molar-refractivity contribution in [1.29, 1.82) is 0 Å². The van der Waals surface area contributed by atoms with E-state index in [2.05, 4.69) is 31.3 Å². The first kappa shape index (κ1) is 15.8. The molecule has 0 atom stereocenters. The lowest BCUT2D eigenvalue weighted by molar-refractivity contribution is -0.274. The first-order chi connectivity index (χ1) is 9.76. The van der Waals surface area contributed by atoms with Gasteiger partial charge in [-0.25, -0.2) is 0 Å². The Kier molecular flexibility index (Phi) is 4.58. The molecule has 0 unspecified atom stereocenters. The Bertz CT molecular complexity index is 594.